The lowest BCUT2D eigenvalue weighted by Gasteiger charge is -2.19. The van der Waals surface area contributed by atoms with Gasteiger partial charge in [0.2, 0.25) is 0 Å². The Kier molecular flexibility index (Phi) is 6.04. The number of carbonyl (C=O) groups excluding carboxylic acids is 1. The van der Waals surface area contributed by atoms with Crippen LogP contribution in [0.15, 0.2) is 48.5 Å². The van der Waals surface area contributed by atoms with Gasteiger partial charge < -0.3 is 10.1 Å². The van der Waals surface area contributed by atoms with Gasteiger partial charge in [0.25, 0.3) is 5.91 Å². The monoisotopic (exact) mass is 423 g/mol. The van der Waals surface area contributed by atoms with Crippen molar-refractivity contribution in [3.63, 3.8) is 0 Å². The Labute approximate surface area is 151 Å². The van der Waals surface area contributed by atoms with Crippen LogP contribution in [0.3, 0.4) is 0 Å². The minimum atomic E-state index is -0.0759. The first kappa shape index (κ1) is 17.8. The number of benzene rings is 2. The van der Waals surface area contributed by atoms with Crippen LogP contribution in [0.2, 0.25) is 0 Å². The molecule has 0 saturated carbocycles. The van der Waals surface area contributed by atoms with Gasteiger partial charge >= 0.3 is 0 Å². The summed E-state index contributed by atoms with van der Waals surface area (Å²) in [5.74, 6) is 0.745. The van der Waals surface area contributed by atoms with Crippen molar-refractivity contribution in [1.82, 2.24) is 5.32 Å². The van der Waals surface area contributed by atoms with Crippen LogP contribution in [-0.2, 0) is 5.41 Å². The van der Waals surface area contributed by atoms with Crippen LogP contribution >= 0.6 is 22.6 Å². The maximum absolute atomic E-state index is 12.0. The van der Waals surface area contributed by atoms with Crippen LogP contribution in [0.1, 0.15) is 36.7 Å². The molecule has 0 aliphatic rings. The van der Waals surface area contributed by atoms with Crippen molar-refractivity contribution in [3.8, 4) is 5.75 Å². The van der Waals surface area contributed by atoms with E-state index < -0.39 is 0 Å². The molecule has 23 heavy (non-hydrogen) atoms. The van der Waals surface area contributed by atoms with E-state index in [1.807, 2.05) is 36.4 Å². The third kappa shape index (κ3) is 5.53. The van der Waals surface area contributed by atoms with E-state index in [9.17, 15) is 4.79 Å². The first-order valence-electron chi connectivity index (χ1n) is 7.63. The molecule has 0 fully saturated rings. The third-order valence-electron chi connectivity index (χ3n) is 3.48. The van der Waals surface area contributed by atoms with Gasteiger partial charge in [0.15, 0.2) is 0 Å². The molecule has 4 heteroatoms. The van der Waals surface area contributed by atoms with Gasteiger partial charge in [-0.15, -0.1) is 0 Å². The van der Waals surface area contributed by atoms with Crippen molar-refractivity contribution in [2.45, 2.75) is 26.2 Å². The Morgan fingerprint density at radius 1 is 1.04 bits per heavy atom. The second-order valence-corrected chi connectivity index (χ2v) is 7.63. The minimum Gasteiger partial charge on any atom is -0.492 e. The van der Waals surface area contributed by atoms with E-state index in [4.69, 9.17) is 4.74 Å². The first-order valence-corrected chi connectivity index (χ1v) is 8.71. The molecule has 2 aromatic rings. The number of halogens is 1. The Hall–Kier alpha value is -1.56. The fourth-order valence-electron chi connectivity index (χ4n) is 2.09. The SMILES string of the molecule is CC(C)(C)c1ccc(OCCNC(=O)c2ccc(I)cc2)cc1. The number of rotatable bonds is 5. The molecule has 122 valence electrons. The summed E-state index contributed by atoms with van der Waals surface area (Å²) in [6.45, 7) is 7.48. The molecule has 3 nitrogen and oxygen atoms in total. The number of nitrogens with one attached hydrogen (secondary N) is 1. The molecule has 0 heterocycles. The van der Waals surface area contributed by atoms with Gasteiger partial charge in [-0.3, -0.25) is 4.79 Å². The number of amides is 1. The standard InChI is InChI=1S/C19H22INO2/c1-19(2,3)15-6-10-17(11-7-15)23-13-12-21-18(22)14-4-8-16(20)9-5-14/h4-11H,12-13H2,1-3H3,(H,21,22). The van der Waals surface area contributed by atoms with Gasteiger partial charge in [-0.2, -0.15) is 0 Å². The Balaban J connectivity index is 1.77. The zero-order chi connectivity index (χ0) is 16.9. The van der Waals surface area contributed by atoms with E-state index in [1.165, 1.54) is 5.56 Å². The number of ether oxygens (including phenoxy) is 1. The van der Waals surface area contributed by atoms with E-state index in [1.54, 1.807) is 0 Å². The smallest absolute Gasteiger partial charge is 0.251 e. The van der Waals surface area contributed by atoms with Crippen LogP contribution in [0, 0.1) is 3.57 Å². The van der Waals surface area contributed by atoms with Crippen molar-refractivity contribution in [1.29, 1.82) is 0 Å². The molecule has 0 unspecified atom stereocenters. The van der Waals surface area contributed by atoms with Crippen molar-refractivity contribution in [2.75, 3.05) is 13.2 Å². The highest BCUT2D eigenvalue weighted by Gasteiger charge is 2.12. The summed E-state index contributed by atoms with van der Waals surface area (Å²) in [6, 6.07) is 15.6. The zero-order valence-corrected chi connectivity index (χ0v) is 15.9. The van der Waals surface area contributed by atoms with Crippen LogP contribution < -0.4 is 10.1 Å². The molecule has 1 amide bonds. The average Bonchev–Trinajstić information content (AvgIpc) is 2.51. The lowest BCUT2D eigenvalue weighted by molar-refractivity contribution is 0.0947. The Morgan fingerprint density at radius 2 is 1.65 bits per heavy atom. The maximum atomic E-state index is 12.0. The van der Waals surface area contributed by atoms with Crippen LogP contribution in [-0.4, -0.2) is 19.1 Å². The average molecular weight is 423 g/mol. The number of hydrogen-bond acceptors (Lipinski definition) is 2. The number of hydrogen-bond donors (Lipinski definition) is 1. The summed E-state index contributed by atoms with van der Waals surface area (Å²) in [7, 11) is 0. The Bertz CT molecular complexity index is 643. The molecule has 0 aliphatic carbocycles. The molecule has 0 aliphatic heterocycles. The molecular weight excluding hydrogens is 401 g/mol. The first-order chi connectivity index (χ1) is 10.9. The second kappa shape index (κ2) is 7.81. The van der Waals surface area contributed by atoms with Crippen molar-refractivity contribution >= 4 is 28.5 Å². The third-order valence-corrected chi connectivity index (χ3v) is 4.20. The van der Waals surface area contributed by atoms with Crippen molar-refractivity contribution in [3.05, 3.63) is 63.2 Å². The van der Waals surface area contributed by atoms with E-state index in [-0.39, 0.29) is 11.3 Å². The van der Waals surface area contributed by atoms with Crippen molar-refractivity contribution in [2.24, 2.45) is 0 Å². The molecule has 2 rings (SSSR count). The van der Waals surface area contributed by atoms with E-state index in [2.05, 4.69) is 60.8 Å². The predicted molar refractivity (Wildman–Crippen MR) is 102 cm³/mol. The highest BCUT2D eigenvalue weighted by atomic mass is 127. The van der Waals surface area contributed by atoms with Gasteiger partial charge in [0.1, 0.15) is 12.4 Å². The molecule has 2 aromatic carbocycles. The molecule has 0 bridgehead atoms. The highest BCUT2D eigenvalue weighted by molar-refractivity contribution is 14.1. The van der Waals surface area contributed by atoms with Crippen LogP contribution in [0.4, 0.5) is 0 Å². The number of carbonyl (C=O) groups is 1. The van der Waals surface area contributed by atoms with Gasteiger partial charge in [-0.25, -0.2) is 0 Å². The highest BCUT2D eigenvalue weighted by Crippen LogP contribution is 2.24. The molecule has 0 radical (unpaired) electrons. The quantitative estimate of drug-likeness (QED) is 0.572. The summed E-state index contributed by atoms with van der Waals surface area (Å²) in [6.07, 6.45) is 0. The Morgan fingerprint density at radius 3 is 2.22 bits per heavy atom. The predicted octanol–water partition coefficient (Wildman–Crippen LogP) is 4.40. The molecule has 0 aromatic heterocycles. The summed E-state index contributed by atoms with van der Waals surface area (Å²) in [4.78, 5) is 12.0. The lowest BCUT2D eigenvalue weighted by atomic mass is 9.87. The fourth-order valence-corrected chi connectivity index (χ4v) is 2.45. The van der Waals surface area contributed by atoms with Gasteiger partial charge in [-0.05, 0) is 70.0 Å². The fraction of sp³-hybridized carbons (Fsp3) is 0.316. The maximum Gasteiger partial charge on any atom is 0.251 e. The molecule has 0 atom stereocenters. The molecular formula is C19H22INO2. The van der Waals surface area contributed by atoms with Gasteiger partial charge in [0, 0.05) is 9.13 Å². The summed E-state index contributed by atoms with van der Waals surface area (Å²) >= 11 is 2.22. The summed E-state index contributed by atoms with van der Waals surface area (Å²) in [5.41, 5.74) is 2.08. The van der Waals surface area contributed by atoms with E-state index >= 15 is 0 Å². The van der Waals surface area contributed by atoms with E-state index in [0.29, 0.717) is 18.7 Å². The molecule has 1 N–H and O–H groups in total. The van der Waals surface area contributed by atoms with Gasteiger partial charge in [0.05, 0.1) is 6.54 Å². The second-order valence-electron chi connectivity index (χ2n) is 6.39. The summed E-state index contributed by atoms with van der Waals surface area (Å²) in [5, 5.41) is 2.86. The van der Waals surface area contributed by atoms with Crippen LogP contribution in [0.25, 0.3) is 0 Å². The zero-order valence-electron chi connectivity index (χ0n) is 13.7. The lowest BCUT2D eigenvalue weighted by Crippen LogP contribution is -2.28. The minimum absolute atomic E-state index is 0.0759. The van der Waals surface area contributed by atoms with Gasteiger partial charge in [-0.1, -0.05) is 32.9 Å². The van der Waals surface area contributed by atoms with Crippen LogP contribution in [0.5, 0.6) is 5.75 Å². The largest absolute Gasteiger partial charge is 0.492 e. The molecule has 0 saturated heterocycles. The molecule has 0 spiro atoms. The van der Waals surface area contributed by atoms with Crippen molar-refractivity contribution < 1.29 is 9.53 Å². The topological polar surface area (TPSA) is 38.3 Å². The summed E-state index contributed by atoms with van der Waals surface area (Å²) < 4.78 is 6.78. The normalized spacial score (nSPS) is 11.1. The van der Waals surface area contributed by atoms with E-state index in [0.717, 1.165) is 9.32 Å².